The minimum atomic E-state index is 0.0243. The zero-order valence-electron chi connectivity index (χ0n) is 5.53. The van der Waals surface area contributed by atoms with Gasteiger partial charge < -0.3 is 10.3 Å². The number of allylic oxidation sites excluding steroid dienone is 6. The molecule has 0 bridgehead atoms. The van der Waals surface area contributed by atoms with Gasteiger partial charge in [-0.15, -0.1) is 0 Å². The Kier molecular flexibility index (Phi) is 2.67. The minimum Gasteiger partial charge on any atom is -0.624 e. The molecular weight excluding hydrogens is 126 g/mol. The molecule has 0 saturated carbocycles. The van der Waals surface area contributed by atoms with Gasteiger partial charge >= 0.3 is 0 Å². The quantitative estimate of drug-likeness (QED) is 0.482. The van der Waals surface area contributed by atoms with Crippen LogP contribution in [0.15, 0.2) is 48.9 Å². The standard InChI is InChI=1S/C8H9NO/c10-9-7-5-3-1-2-4-6-8-9/h1-9H. The molecule has 0 spiro atoms. The van der Waals surface area contributed by atoms with E-state index in [9.17, 15) is 5.21 Å². The minimum absolute atomic E-state index is 0.0243. The molecule has 1 rings (SSSR count). The van der Waals surface area contributed by atoms with Crippen molar-refractivity contribution in [1.29, 1.82) is 0 Å². The van der Waals surface area contributed by atoms with Gasteiger partial charge in [0.15, 0.2) is 0 Å². The van der Waals surface area contributed by atoms with E-state index in [1.54, 1.807) is 12.2 Å². The molecule has 0 amide bonds. The van der Waals surface area contributed by atoms with E-state index < -0.39 is 0 Å². The van der Waals surface area contributed by atoms with Crippen molar-refractivity contribution in [2.24, 2.45) is 0 Å². The molecule has 0 aromatic rings. The molecular formula is C8H9NO. The maximum atomic E-state index is 10.7. The van der Waals surface area contributed by atoms with Crippen LogP contribution in [0.5, 0.6) is 0 Å². The maximum absolute atomic E-state index is 10.7. The smallest absolute Gasteiger partial charge is 0.0988 e. The molecule has 1 aliphatic heterocycles. The number of quaternary nitrogens is 1. The lowest BCUT2D eigenvalue weighted by molar-refractivity contribution is -0.729. The first-order valence-corrected chi connectivity index (χ1v) is 3.11. The van der Waals surface area contributed by atoms with Crippen LogP contribution in [0.25, 0.3) is 0 Å². The maximum Gasteiger partial charge on any atom is 0.0988 e. The van der Waals surface area contributed by atoms with Crippen molar-refractivity contribution in [1.82, 2.24) is 0 Å². The fourth-order valence-electron chi connectivity index (χ4n) is 0.613. The largest absolute Gasteiger partial charge is 0.624 e. The molecule has 1 heterocycles. The summed E-state index contributed by atoms with van der Waals surface area (Å²) in [6.07, 6.45) is 13.9. The molecule has 0 aliphatic carbocycles. The van der Waals surface area contributed by atoms with E-state index in [-0.39, 0.29) is 5.06 Å². The molecule has 0 atom stereocenters. The summed E-state index contributed by atoms with van der Waals surface area (Å²) in [5.41, 5.74) is 0. The summed E-state index contributed by atoms with van der Waals surface area (Å²) in [5, 5.41) is 10.8. The molecule has 0 unspecified atom stereocenters. The van der Waals surface area contributed by atoms with E-state index >= 15 is 0 Å². The number of hydroxylamine groups is 2. The van der Waals surface area contributed by atoms with Crippen molar-refractivity contribution in [2.75, 3.05) is 0 Å². The van der Waals surface area contributed by atoms with Crippen LogP contribution in [0.2, 0.25) is 0 Å². The Morgan fingerprint density at radius 1 is 0.700 bits per heavy atom. The first-order valence-electron chi connectivity index (χ1n) is 3.11. The summed E-state index contributed by atoms with van der Waals surface area (Å²) in [7, 11) is 0. The summed E-state index contributed by atoms with van der Waals surface area (Å²) in [6.45, 7) is 0. The molecule has 2 heteroatoms. The summed E-state index contributed by atoms with van der Waals surface area (Å²) >= 11 is 0. The van der Waals surface area contributed by atoms with Gasteiger partial charge in [0, 0.05) is 0 Å². The summed E-state index contributed by atoms with van der Waals surface area (Å²) in [6, 6.07) is 0. The van der Waals surface area contributed by atoms with E-state index in [0.717, 1.165) is 0 Å². The highest BCUT2D eigenvalue weighted by molar-refractivity contribution is 5.14. The van der Waals surface area contributed by atoms with Gasteiger partial charge in [-0.3, -0.25) is 0 Å². The second kappa shape index (κ2) is 3.82. The Balaban J connectivity index is 2.70. The van der Waals surface area contributed by atoms with E-state index in [2.05, 4.69) is 0 Å². The normalized spacial score (nSPS) is 23.9. The third-order valence-corrected chi connectivity index (χ3v) is 1.08. The molecule has 1 N–H and O–H groups in total. The lowest BCUT2D eigenvalue weighted by Crippen LogP contribution is -2.96. The van der Waals surface area contributed by atoms with Crippen LogP contribution in [0.1, 0.15) is 0 Å². The lowest BCUT2D eigenvalue weighted by atomic mass is 10.4. The second-order valence-corrected chi connectivity index (χ2v) is 1.89. The van der Waals surface area contributed by atoms with Gasteiger partial charge in [-0.2, -0.15) is 0 Å². The van der Waals surface area contributed by atoms with Crippen molar-refractivity contribution in [3.63, 3.8) is 0 Å². The molecule has 1 aliphatic rings. The Hall–Kier alpha value is -1.12. The first kappa shape index (κ1) is 6.99. The monoisotopic (exact) mass is 135 g/mol. The van der Waals surface area contributed by atoms with Crippen molar-refractivity contribution < 1.29 is 5.06 Å². The second-order valence-electron chi connectivity index (χ2n) is 1.89. The topological polar surface area (TPSA) is 27.5 Å². The number of hydrogen-bond donors (Lipinski definition) is 1. The molecule has 0 aromatic carbocycles. The third kappa shape index (κ3) is 2.44. The molecule has 0 saturated heterocycles. The predicted molar refractivity (Wildman–Crippen MR) is 40.9 cm³/mol. The van der Waals surface area contributed by atoms with Crippen molar-refractivity contribution in [2.45, 2.75) is 0 Å². The van der Waals surface area contributed by atoms with Crippen LogP contribution in [0.4, 0.5) is 0 Å². The van der Waals surface area contributed by atoms with Crippen molar-refractivity contribution in [3.8, 4) is 0 Å². The third-order valence-electron chi connectivity index (χ3n) is 1.08. The average molecular weight is 135 g/mol. The Morgan fingerprint density at radius 2 is 1.10 bits per heavy atom. The van der Waals surface area contributed by atoms with Gasteiger partial charge in [0.2, 0.25) is 0 Å². The highest BCUT2D eigenvalue weighted by Gasteiger charge is 1.79. The van der Waals surface area contributed by atoms with Gasteiger partial charge in [0.1, 0.15) is 0 Å². The molecule has 52 valence electrons. The van der Waals surface area contributed by atoms with E-state index in [4.69, 9.17) is 0 Å². The van der Waals surface area contributed by atoms with Gasteiger partial charge in [-0.1, -0.05) is 24.3 Å². The van der Waals surface area contributed by atoms with Crippen LogP contribution in [-0.4, -0.2) is 0 Å². The van der Waals surface area contributed by atoms with Crippen LogP contribution in [-0.2, 0) is 0 Å². The first-order chi connectivity index (χ1) is 4.89. The van der Waals surface area contributed by atoms with Gasteiger partial charge in [-0.05, 0) is 12.2 Å². The molecule has 0 aromatic heterocycles. The molecule has 0 radical (unpaired) electrons. The molecule has 0 fully saturated rings. The highest BCUT2D eigenvalue weighted by Crippen LogP contribution is 1.81. The number of hydrogen-bond acceptors (Lipinski definition) is 1. The van der Waals surface area contributed by atoms with Crippen LogP contribution in [0.3, 0.4) is 0 Å². The Labute approximate surface area is 60.0 Å². The van der Waals surface area contributed by atoms with E-state index in [1.807, 2.05) is 24.3 Å². The zero-order chi connectivity index (χ0) is 7.23. The number of nitrogens with one attached hydrogen (secondary N) is 1. The van der Waals surface area contributed by atoms with Crippen molar-refractivity contribution >= 4 is 0 Å². The van der Waals surface area contributed by atoms with Crippen LogP contribution in [0, 0.1) is 5.21 Å². The highest BCUT2D eigenvalue weighted by atomic mass is 16.5. The van der Waals surface area contributed by atoms with Crippen molar-refractivity contribution in [3.05, 3.63) is 54.1 Å². The SMILES string of the molecule is [O-][NH+]1C=CC=CC=CC=C1. The summed E-state index contributed by atoms with van der Waals surface area (Å²) < 4.78 is 0. The van der Waals surface area contributed by atoms with Gasteiger partial charge in [0.05, 0.1) is 12.4 Å². The fraction of sp³-hybridized carbons (Fsp3) is 0. The van der Waals surface area contributed by atoms with Crippen LogP contribution >= 0.6 is 0 Å². The zero-order valence-corrected chi connectivity index (χ0v) is 5.53. The van der Waals surface area contributed by atoms with Crippen LogP contribution < -0.4 is 5.06 Å². The van der Waals surface area contributed by atoms with Gasteiger partial charge in [-0.25, -0.2) is 0 Å². The molecule has 2 nitrogen and oxygen atoms in total. The Bertz CT molecular complexity index is 179. The Morgan fingerprint density at radius 3 is 1.60 bits per heavy atom. The van der Waals surface area contributed by atoms with Gasteiger partial charge in [0.25, 0.3) is 0 Å². The lowest BCUT2D eigenvalue weighted by Gasteiger charge is -2.08. The van der Waals surface area contributed by atoms with E-state index in [0.29, 0.717) is 0 Å². The number of rotatable bonds is 0. The van der Waals surface area contributed by atoms with E-state index in [1.165, 1.54) is 12.4 Å². The predicted octanol–water partition coefficient (Wildman–Crippen LogP) is 0.523. The summed E-state index contributed by atoms with van der Waals surface area (Å²) in [4.78, 5) is 0. The summed E-state index contributed by atoms with van der Waals surface area (Å²) in [5.74, 6) is 0. The molecule has 10 heavy (non-hydrogen) atoms. The fourth-order valence-corrected chi connectivity index (χ4v) is 0.613. The average Bonchev–Trinajstić information content (AvgIpc) is 2.02.